The lowest BCUT2D eigenvalue weighted by Gasteiger charge is -2.11. The second-order valence-electron chi connectivity index (χ2n) is 3.75. The first-order chi connectivity index (χ1) is 7.61. The highest BCUT2D eigenvalue weighted by Gasteiger charge is 2.04. The predicted octanol–water partition coefficient (Wildman–Crippen LogP) is 2.78. The second-order valence-corrected chi connectivity index (χ2v) is 4.66. The quantitative estimate of drug-likeness (QED) is 0.873. The van der Waals surface area contributed by atoms with Crippen LogP contribution in [0.3, 0.4) is 0 Å². The van der Waals surface area contributed by atoms with E-state index in [2.05, 4.69) is 40.4 Å². The van der Waals surface area contributed by atoms with E-state index in [1.807, 2.05) is 24.3 Å². The Morgan fingerprint density at radius 1 is 1.50 bits per heavy atom. The molecular weight excluding hydrogens is 268 g/mol. The number of benzene rings is 1. The van der Waals surface area contributed by atoms with Crippen LogP contribution in [0, 0.1) is 0 Å². The van der Waals surface area contributed by atoms with Gasteiger partial charge in [0, 0.05) is 16.2 Å². The smallest absolute Gasteiger partial charge is 0.238 e. The van der Waals surface area contributed by atoms with Crippen molar-refractivity contribution in [3.8, 4) is 0 Å². The molecule has 0 aliphatic carbocycles. The van der Waals surface area contributed by atoms with Crippen LogP contribution in [-0.4, -0.2) is 18.5 Å². The Balaban J connectivity index is 2.40. The number of amides is 1. The summed E-state index contributed by atoms with van der Waals surface area (Å²) in [5, 5.41) is 5.97. The van der Waals surface area contributed by atoms with E-state index in [0.717, 1.165) is 16.6 Å². The minimum atomic E-state index is -0.0154. The standard InChI is InChI=1S/C12H17BrN2O/c1-3-9(2)14-8-12(16)15-11-6-4-5-10(13)7-11/h4-7,9,14H,3,8H2,1-2H3,(H,15,16). The molecular formula is C12H17BrN2O. The van der Waals surface area contributed by atoms with Crippen molar-refractivity contribution in [3.63, 3.8) is 0 Å². The summed E-state index contributed by atoms with van der Waals surface area (Å²) in [5.41, 5.74) is 0.810. The summed E-state index contributed by atoms with van der Waals surface area (Å²) in [6, 6.07) is 7.93. The van der Waals surface area contributed by atoms with Crippen molar-refractivity contribution < 1.29 is 4.79 Å². The van der Waals surface area contributed by atoms with E-state index in [1.165, 1.54) is 0 Å². The van der Waals surface area contributed by atoms with Crippen molar-refractivity contribution in [3.05, 3.63) is 28.7 Å². The summed E-state index contributed by atoms with van der Waals surface area (Å²) in [6.45, 7) is 4.50. The monoisotopic (exact) mass is 284 g/mol. The van der Waals surface area contributed by atoms with E-state index >= 15 is 0 Å². The Bertz CT molecular complexity index is 355. The van der Waals surface area contributed by atoms with Gasteiger partial charge in [0.25, 0.3) is 0 Å². The largest absolute Gasteiger partial charge is 0.325 e. The highest BCUT2D eigenvalue weighted by atomic mass is 79.9. The second kappa shape index (κ2) is 6.66. The number of anilines is 1. The molecule has 2 N–H and O–H groups in total. The molecule has 4 heteroatoms. The van der Waals surface area contributed by atoms with Crippen molar-refractivity contribution >= 4 is 27.5 Å². The van der Waals surface area contributed by atoms with Crippen molar-refractivity contribution in [2.75, 3.05) is 11.9 Å². The molecule has 1 aromatic carbocycles. The van der Waals surface area contributed by atoms with E-state index in [4.69, 9.17) is 0 Å². The normalized spacial score (nSPS) is 12.2. The maximum absolute atomic E-state index is 11.6. The molecule has 1 unspecified atom stereocenters. The Hall–Kier alpha value is -0.870. The van der Waals surface area contributed by atoms with Gasteiger partial charge in [-0.1, -0.05) is 28.9 Å². The lowest BCUT2D eigenvalue weighted by Crippen LogP contribution is -2.33. The minimum Gasteiger partial charge on any atom is -0.325 e. The lowest BCUT2D eigenvalue weighted by atomic mass is 10.2. The van der Waals surface area contributed by atoms with Crippen LogP contribution in [0.4, 0.5) is 5.69 Å². The summed E-state index contributed by atoms with van der Waals surface area (Å²) in [6.07, 6.45) is 1.02. The molecule has 0 heterocycles. The predicted molar refractivity (Wildman–Crippen MR) is 70.5 cm³/mol. The lowest BCUT2D eigenvalue weighted by molar-refractivity contribution is -0.115. The van der Waals surface area contributed by atoms with Gasteiger partial charge in [-0.25, -0.2) is 0 Å². The zero-order valence-corrected chi connectivity index (χ0v) is 11.2. The van der Waals surface area contributed by atoms with Crippen LogP contribution in [-0.2, 0) is 4.79 Å². The first kappa shape index (κ1) is 13.2. The van der Waals surface area contributed by atoms with Gasteiger partial charge in [0.1, 0.15) is 0 Å². The molecule has 0 radical (unpaired) electrons. The van der Waals surface area contributed by atoms with E-state index in [9.17, 15) is 4.79 Å². The fourth-order valence-corrected chi connectivity index (χ4v) is 1.58. The van der Waals surface area contributed by atoms with Crippen LogP contribution < -0.4 is 10.6 Å². The van der Waals surface area contributed by atoms with Gasteiger partial charge in [-0.3, -0.25) is 4.79 Å². The fraction of sp³-hybridized carbons (Fsp3) is 0.417. The minimum absolute atomic E-state index is 0.0154. The number of halogens is 1. The highest BCUT2D eigenvalue weighted by molar-refractivity contribution is 9.10. The topological polar surface area (TPSA) is 41.1 Å². The molecule has 0 spiro atoms. The first-order valence-corrected chi connectivity index (χ1v) is 6.20. The highest BCUT2D eigenvalue weighted by Crippen LogP contribution is 2.15. The maximum atomic E-state index is 11.6. The van der Waals surface area contributed by atoms with E-state index < -0.39 is 0 Å². The molecule has 1 aromatic rings. The third-order valence-corrected chi connectivity index (χ3v) is 2.83. The molecule has 0 saturated carbocycles. The van der Waals surface area contributed by atoms with Gasteiger partial charge in [0.15, 0.2) is 0 Å². The summed E-state index contributed by atoms with van der Waals surface area (Å²) >= 11 is 3.36. The summed E-state index contributed by atoms with van der Waals surface area (Å²) in [7, 11) is 0. The third-order valence-electron chi connectivity index (χ3n) is 2.33. The fourth-order valence-electron chi connectivity index (χ4n) is 1.18. The number of rotatable bonds is 5. The number of carbonyl (C=O) groups is 1. The zero-order chi connectivity index (χ0) is 12.0. The molecule has 1 amide bonds. The SMILES string of the molecule is CCC(C)NCC(=O)Nc1cccc(Br)c1. The van der Waals surface area contributed by atoms with Crippen molar-refractivity contribution in [2.24, 2.45) is 0 Å². The van der Waals surface area contributed by atoms with E-state index in [0.29, 0.717) is 12.6 Å². The maximum Gasteiger partial charge on any atom is 0.238 e. The first-order valence-electron chi connectivity index (χ1n) is 5.40. The number of carbonyl (C=O) groups excluding carboxylic acids is 1. The van der Waals surface area contributed by atoms with Gasteiger partial charge in [0.05, 0.1) is 6.54 Å². The molecule has 1 rings (SSSR count). The van der Waals surface area contributed by atoms with Crippen LogP contribution >= 0.6 is 15.9 Å². The summed E-state index contributed by atoms with van der Waals surface area (Å²) < 4.78 is 0.959. The zero-order valence-electron chi connectivity index (χ0n) is 9.59. The Morgan fingerprint density at radius 3 is 2.88 bits per heavy atom. The van der Waals surface area contributed by atoms with Gasteiger partial charge < -0.3 is 10.6 Å². The molecule has 0 aliphatic heterocycles. The summed E-state index contributed by atoms with van der Waals surface area (Å²) in [5.74, 6) is -0.0154. The Labute approximate surface area is 105 Å². The molecule has 0 fully saturated rings. The molecule has 88 valence electrons. The summed E-state index contributed by atoms with van der Waals surface area (Å²) in [4.78, 5) is 11.6. The Kier molecular flexibility index (Phi) is 5.49. The molecule has 0 saturated heterocycles. The van der Waals surface area contributed by atoms with Gasteiger partial charge in [-0.2, -0.15) is 0 Å². The molecule has 3 nitrogen and oxygen atoms in total. The van der Waals surface area contributed by atoms with Crippen molar-refractivity contribution in [1.82, 2.24) is 5.32 Å². The molecule has 16 heavy (non-hydrogen) atoms. The Morgan fingerprint density at radius 2 is 2.25 bits per heavy atom. The molecule has 0 aliphatic rings. The van der Waals surface area contributed by atoms with E-state index in [1.54, 1.807) is 0 Å². The van der Waals surface area contributed by atoms with Crippen LogP contribution in [0.5, 0.6) is 0 Å². The van der Waals surface area contributed by atoms with Crippen LogP contribution in [0.25, 0.3) is 0 Å². The van der Waals surface area contributed by atoms with Crippen LogP contribution in [0.2, 0.25) is 0 Å². The van der Waals surface area contributed by atoms with Crippen molar-refractivity contribution in [1.29, 1.82) is 0 Å². The van der Waals surface area contributed by atoms with Gasteiger partial charge in [-0.15, -0.1) is 0 Å². The average Bonchev–Trinajstić information content (AvgIpc) is 2.26. The average molecular weight is 285 g/mol. The number of hydrogen-bond acceptors (Lipinski definition) is 2. The molecule has 0 bridgehead atoms. The third kappa shape index (κ3) is 4.77. The van der Waals surface area contributed by atoms with Crippen LogP contribution in [0.15, 0.2) is 28.7 Å². The van der Waals surface area contributed by atoms with E-state index in [-0.39, 0.29) is 5.91 Å². The molecule has 1 atom stereocenters. The van der Waals surface area contributed by atoms with Crippen molar-refractivity contribution in [2.45, 2.75) is 26.3 Å². The number of nitrogens with one attached hydrogen (secondary N) is 2. The molecule has 0 aromatic heterocycles. The van der Waals surface area contributed by atoms with Gasteiger partial charge in [-0.05, 0) is 31.5 Å². The van der Waals surface area contributed by atoms with Gasteiger partial charge >= 0.3 is 0 Å². The van der Waals surface area contributed by atoms with Gasteiger partial charge in [0.2, 0.25) is 5.91 Å². The number of hydrogen-bond donors (Lipinski definition) is 2. The van der Waals surface area contributed by atoms with Crippen LogP contribution in [0.1, 0.15) is 20.3 Å².